The highest BCUT2D eigenvalue weighted by Gasteiger charge is 2.12. The van der Waals surface area contributed by atoms with Crippen LogP contribution < -0.4 is 10.6 Å². The van der Waals surface area contributed by atoms with Crippen molar-refractivity contribution in [2.45, 2.75) is 17.7 Å². The van der Waals surface area contributed by atoms with E-state index in [1.165, 1.54) is 0 Å². The number of halogens is 2. The van der Waals surface area contributed by atoms with Gasteiger partial charge in [0, 0.05) is 29.6 Å². The van der Waals surface area contributed by atoms with Crippen molar-refractivity contribution in [3.8, 4) is 0 Å². The number of hydrogen-bond acceptors (Lipinski definition) is 3. The Hall–Kier alpha value is -2.41. The zero-order valence-electron chi connectivity index (χ0n) is 13.6. The van der Waals surface area contributed by atoms with Crippen LogP contribution in [0.5, 0.6) is 0 Å². The smallest absolute Gasteiger partial charge is 0.254 e. The molecule has 2 N–H and O–H groups in total. The minimum atomic E-state index is -0.913. The first-order valence-electron chi connectivity index (χ1n) is 7.67. The number of benzene rings is 2. The first-order chi connectivity index (χ1) is 12.0. The molecule has 0 aliphatic carbocycles. The van der Waals surface area contributed by atoms with Crippen LogP contribution in [-0.2, 0) is 4.79 Å². The van der Waals surface area contributed by atoms with Crippen LogP contribution in [0.4, 0.5) is 14.5 Å². The highest BCUT2D eigenvalue weighted by molar-refractivity contribution is 7.98. The predicted molar refractivity (Wildman–Crippen MR) is 94.8 cm³/mol. The topological polar surface area (TPSA) is 58.2 Å². The molecule has 2 rings (SSSR count). The number of amides is 2. The molecule has 0 fully saturated rings. The minimum Gasteiger partial charge on any atom is -0.352 e. The van der Waals surface area contributed by atoms with Gasteiger partial charge in [0.05, 0.1) is 5.56 Å². The summed E-state index contributed by atoms with van der Waals surface area (Å²) < 4.78 is 26.3. The fraction of sp³-hybridized carbons (Fsp3) is 0.222. The van der Waals surface area contributed by atoms with Crippen molar-refractivity contribution in [2.75, 3.05) is 18.1 Å². The van der Waals surface area contributed by atoms with Crippen LogP contribution in [0.15, 0.2) is 47.4 Å². The first kappa shape index (κ1) is 18.9. The molecule has 132 valence electrons. The molecule has 0 aromatic heterocycles. The lowest BCUT2D eigenvalue weighted by Crippen LogP contribution is -2.26. The van der Waals surface area contributed by atoms with Crippen molar-refractivity contribution in [1.29, 1.82) is 0 Å². The molecule has 0 saturated heterocycles. The third kappa shape index (κ3) is 5.86. The van der Waals surface area contributed by atoms with Crippen LogP contribution in [0.2, 0.25) is 0 Å². The molecule has 0 atom stereocenters. The fourth-order valence-electron chi connectivity index (χ4n) is 2.14. The summed E-state index contributed by atoms with van der Waals surface area (Å²) in [4.78, 5) is 24.7. The highest BCUT2D eigenvalue weighted by Crippen LogP contribution is 2.19. The maximum atomic E-state index is 13.5. The summed E-state index contributed by atoms with van der Waals surface area (Å²) in [6, 6.07) is 10.3. The van der Waals surface area contributed by atoms with Crippen LogP contribution in [-0.4, -0.2) is 24.6 Å². The van der Waals surface area contributed by atoms with Gasteiger partial charge >= 0.3 is 0 Å². The summed E-state index contributed by atoms with van der Waals surface area (Å²) in [6.07, 6.45) is 2.58. The van der Waals surface area contributed by atoms with Gasteiger partial charge in [0.15, 0.2) is 0 Å². The molecule has 2 aromatic carbocycles. The van der Waals surface area contributed by atoms with Crippen LogP contribution >= 0.6 is 11.8 Å². The molecule has 4 nitrogen and oxygen atoms in total. The average Bonchev–Trinajstić information content (AvgIpc) is 2.58. The standard InChI is InChI=1S/C18H18F2N2O2S/c1-25-14-5-2-4-13(11-14)22-17(23)6-3-9-21-18(24)15-8-7-12(19)10-16(15)20/h2,4-5,7-8,10-11H,3,6,9H2,1H3,(H,21,24)(H,22,23). The monoisotopic (exact) mass is 364 g/mol. The number of hydrogen-bond donors (Lipinski definition) is 2. The van der Waals surface area contributed by atoms with Crippen LogP contribution in [0, 0.1) is 11.6 Å². The molecule has 25 heavy (non-hydrogen) atoms. The van der Waals surface area contributed by atoms with Gasteiger partial charge in [0.25, 0.3) is 5.91 Å². The molecule has 2 amide bonds. The van der Waals surface area contributed by atoms with Gasteiger partial charge in [0.2, 0.25) is 5.91 Å². The van der Waals surface area contributed by atoms with Gasteiger partial charge in [-0.1, -0.05) is 6.07 Å². The lowest BCUT2D eigenvalue weighted by atomic mass is 10.2. The maximum absolute atomic E-state index is 13.5. The molecule has 0 unspecified atom stereocenters. The van der Waals surface area contributed by atoms with E-state index in [-0.39, 0.29) is 24.4 Å². The molecule has 0 radical (unpaired) electrons. The second kappa shape index (κ2) is 9.17. The van der Waals surface area contributed by atoms with Gasteiger partial charge in [-0.25, -0.2) is 8.78 Å². The molecular formula is C18H18F2N2O2S. The van der Waals surface area contributed by atoms with Gasteiger partial charge in [-0.2, -0.15) is 0 Å². The summed E-state index contributed by atoms with van der Waals surface area (Å²) in [6.45, 7) is 0.216. The lowest BCUT2D eigenvalue weighted by Gasteiger charge is -2.08. The Labute approximate surface area is 149 Å². The second-order valence-corrected chi connectivity index (χ2v) is 6.14. The van der Waals surface area contributed by atoms with E-state index in [1.54, 1.807) is 17.8 Å². The van der Waals surface area contributed by atoms with E-state index < -0.39 is 17.5 Å². The summed E-state index contributed by atoms with van der Waals surface area (Å²) in [5.74, 6) is -2.45. The van der Waals surface area contributed by atoms with Crippen molar-refractivity contribution in [3.05, 3.63) is 59.7 Å². The van der Waals surface area contributed by atoms with Crippen molar-refractivity contribution in [2.24, 2.45) is 0 Å². The molecule has 0 bridgehead atoms. The second-order valence-electron chi connectivity index (χ2n) is 5.26. The van der Waals surface area contributed by atoms with Crippen molar-refractivity contribution < 1.29 is 18.4 Å². The fourth-order valence-corrected chi connectivity index (χ4v) is 2.60. The minimum absolute atomic E-state index is 0.166. The zero-order chi connectivity index (χ0) is 18.2. The third-order valence-electron chi connectivity index (χ3n) is 3.40. The molecule has 0 saturated carbocycles. The Kier molecular flexibility index (Phi) is 6.94. The first-order valence-corrected chi connectivity index (χ1v) is 8.89. The number of nitrogens with one attached hydrogen (secondary N) is 2. The van der Waals surface area contributed by atoms with Crippen LogP contribution in [0.25, 0.3) is 0 Å². The molecule has 0 spiro atoms. The van der Waals surface area contributed by atoms with E-state index in [1.807, 2.05) is 24.5 Å². The van der Waals surface area contributed by atoms with E-state index >= 15 is 0 Å². The van der Waals surface area contributed by atoms with E-state index in [0.29, 0.717) is 18.2 Å². The van der Waals surface area contributed by atoms with Crippen molar-refractivity contribution in [1.82, 2.24) is 5.32 Å². The van der Waals surface area contributed by atoms with E-state index in [4.69, 9.17) is 0 Å². The Morgan fingerprint density at radius 1 is 1.12 bits per heavy atom. The molecular weight excluding hydrogens is 346 g/mol. The van der Waals surface area contributed by atoms with Gasteiger partial charge in [-0.15, -0.1) is 11.8 Å². The molecule has 0 aliphatic rings. The van der Waals surface area contributed by atoms with E-state index in [2.05, 4.69) is 10.6 Å². The molecule has 0 heterocycles. The number of rotatable bonds is 7. The van der Waals surface area contributed by atoms with Crippen molar-refractivity contribution >= 4 is 29.3 Å². The predicted octanol–water partition coefficient (Wildman–Crippen LogP) is 3.84. The summed E-state index contributed by atoms with van der Waals surface area (Å²) in [7, 11) is 0. The zero-order valence-corrected chi connectivity index (χ0v) is 14.5. The van der Waals surface area contributed by atoms with Crippen LogP contribution in [0.3, 0.4) is 0 Å². The number of anilines is 1. The quantitative estimate of drug-likeness (QED) is 0.580. The van der Waals surface area contributed by atoms with Gasteiger partial charge in [0.1, 0.15) is 11.6 Å². The maximum Gasteiger partial charge on any atom is 0.254 e. The average molecular weight is 364 g/mol. The van der Waals surface area contributed by atoms with Gasteiger partial charge in [-0.05, 0) is 43.0 Å². The molecule has 2 aromatic rings. The van der Waals surface area contributed by atoms with Crippen molar-refractivity contribution in [3.63, 3.8) is 0 Å². The largest absolute Gasteiger partial charge is 0.352 e. The molecule has 7 heteroatoms. The van der Waals surface area contributed by atoms with Gasteiger partial charge in [-0.3, -0.25) is 9.59 Å². The summed E-state index contributed by atoms with van der Waals surface area (Å²) in [5.41, 5.74) is 0.494. The van der Waals surface area contributed by atoms with Gasteiger partial charge < -0.3 is 10.6 Å². The third-order valence-corrected chi connectivity index (χ3v) is 4.12. The highest BCUT2D eigenvalue weighted by atomic mass is 32.2. The number of thioether (sulfide) groups is 1. The molecule has 0 aliphatic heterocycles. The summed E-state index contributed by atoms with van der Waals surface area (Å²) >= 11 is 1.58. The SMILES string of the molecule is CSc1cccc(NC(=O)CCCNC(=O)c2ccc(F)cc2F)c1. The number of carbonyl (C=O) groups excluding carboxylic acids is 2. The summed E-state index contributed by atoms with van der Waals surface area (Å²) in [5, 5.41) is 5.30. The Bertz CT molecular complexity index is 768. The normalized spacial score (nSPS) is 10.4. The Morgan fingerprint density at radius 3 is 2.64 bits per heavy atom. The number of carbonyl (C=O) groups is 2. The van der Waals surface area contributed by atoms with E-state index in [9.17, 15) is 18.4 Å². The lowest BCUT2D eigenvalue weighted by molar-refractivity contribution is -0.116. The Morgan fingerprint density at radius 2 is 1.92 bits per heavy atom. The van der Waals surface area contributed by atoms with Crippen LogP contribution in [0.1, 0.15) is 23.2 Å². The van der Waals surface area contributed by atoms with E-state index in [0.717, 1.165) is 17.0 Å². The Balaban J connectivity index is 1.74.